The van der Waals surface area contributed by atoms with Gasteiger partial charge in [-0.05, 0) is 18.2 Å². The van der Waals surface area contributed by atoms with Crippen LogP contribution in [0.4, 0.5) is 5.69 Å². The van der Waals surface area contributed by atoms with E-state index in [-0.39, 0.29) is 25.4 Å². The molecule has 23 heavy (non-hydrogen) atoms. The Hall–Kier alpha value is -1.83. The zero-order valence-electron chi connectivity index (χ0n) is 12.9. The average Bonchev–Trinajstić information content (AvgIpc) is 2.87. The number of hydrogen-bond donors (Lipinski definition) is 2. The average molecular weight is 343 g/mol. The highest BCUT2D eigenvalue weighted by Gasteiger charge is 2.37. The molecule has 126 valence electrons. The van der Waals surface area contributed by atoms with Crippen LogP contribution in [0.1, 0.15) is 6.42 Å². The second kappa shape index (κ2) is 7.63. The number of likely N-dealkylation sites (tertiary alicyclic amines) is 1. The molecule has 0 saturated carbocycles. The number of carbonyl (C=O) groups is 2. The van der Waals surface area contributed by atoms with E-state index in [1.165, 1.54) is 14.2 Å². The lowest BCUT2D eigenvalue weighted by Crippen LogP contribution is -2.41. The van der Waals surface area contributed by atoms with Crippen LogP contribution in [0.5, 0.6) is 5.75 Å². The Labute approximate surface area is 139 Å². The van der Waals surface area contributed by atoms with Gasteiger partial charge in [-0.3, -0.25) is 14.5 Å². The van der Waals surface area contributed by atoms with E-state index >= 15 is 0 Å². The standard InChI is InChI=1S/C15H19ClN2O5/c1-22-13-4-3-9(16)5-11(13)17-14(20)8-18-7-10(19)6-12(18)15(21)23-2/h3-5,10,12,19H,6-8H2,1-2H3,(H,17,20)/t10-,12+/m0/s1. The van der Waals surface area contributed by atoms with Gasteiger partial charge in [0.05, 0.1) is 32.6 Å². The number of carbonyl (C=O) groups excluding carboxylic acids is 2. The number of amides is 1. The normalized spacial score (nSPS) is 21.0. The van der Waals surface area contributed by atoms with E-state index in [0.717, 1.165) is 0 Å². The molecule has 2 N–H and O–H groups in total. The fourth-order valence-corrected chi connectivity index (χ4v) is 2.76. The van der Waals surface area contributed by atoms with Crippen molar-refractivity contribution in [2.75, 3.05) is 32.6 Å². The predicted octanol–water partition coefficient (Wildman–Crippen LogP) is 0.895. The van der Waals surface area contributed by atoms with Gasteiger partial charge in [0.2, 0.25) is 5.91 Å². The Kier molecular flexibility index (Phi) is 5.81. The van der Waals surface area contributed by atoms with Gasteiger partial charge in [0.15, 0.2) is 0 Å². The van der Waals surface area contributed by atoms with Crippen molar-refractivity contribution in [3.8, 4) is 5.75 Å². The summed E-state index contributed by atoms with van der Waals surface area (Å²) in [5, 5.41) is 12.9. The molecule has 2 rings (SSSR count). The summed E-state index contributed by atoms with van der Waals surface area (Å²) in [5.74, 6) is -0.322. The third-order valence-corrected chi connectivity index (χ3v) is 3.87. The number of esters is 1. The first-order chi connectivity index (χ1) is 10.9. The number of β-amino-alcohol motifs (C(OH)–C–C–N with tert-alkyl or cyclic N) is 1. The van der Waals surface area contributed by atoms with Crippen LogP contribution >= 0.6 is 11.6 Å². The summed E-state index contributed by atoms with van der Waals surface area (Å²) >= 11 is 5.92. The van der Waals surface area contributed by atoms with E-state index < -0.39 is 18.1 Å². The van der Waals surface area contributed by atoms with E-state index in [1.807, 2.05) is 0 Å². The van der Waals surface area contributed by atoms with Crippen LogP contribution in [-0.4, -0.2) is 61.3 Å². The summed E-state index contributed by atoms with van der Waals surface area (Å²) in [6, 6.07) is 4.26. The van der Waals surface area contributed by atoms with Gasteiger partial charge >= 0.3 is 5.97 Å². The molecule has 7 nitrogen and oxygen atoms in total. The molecule has 0 unspecified atom stereocenters. The van der Waals surface area contributed by atoms with E-state index in [1.54, 1.807) is 23.1 Å². The summed E-state index contributed by atoms with van der Waals surface area (Å²) in [4.78, 5) is 25.5. The van der Waals surface area contributed by atoms with Crippen LogP contribution in [0.2, 0.25) is 5.02 Å². The van der Waals surface area contributed by atoms with Crippen LogP contribution in [0.3, 0.4) is 0 Å². The minimum absolute atomic E-state index is 0.0491. The number of aliphatic hydroxyl groups is 1. The van der Waals surface area contributed by atoms with Crippen molar-refractivity contribution in [1.29, 1.82) is 0 Å². The number of nitrogens with zero attached hydrogens (tertiary/aromatic N) is 1. The van der Waals surface area contributed by atoms with E-state index in [4.69, 9.17) is 21.1 Å². The molecule has 1 amide bonds. The lowest BCUT2D eigenvalue weighted by molar-refractivity contribution is -0.146. The third-order valence-electron chi connectivity index (χ3n) is 3.64. The molecule has 1 heterocycles. The summed E-state index contributed by atoms with van der Waals surface area (Å²) in [6.45, 7) is 0.187. The number of benzene rings is 1. The van der Waals surface area contributed by atoms with Crippen LogP contribution in [0, 0.1) is 0 Å². The maximum absolute atomic E-state index is 12.2. The molecule has 0 spiro atoms. The largest absolute Gasteiger partial charge is 0.495 e. The first-order valence-electron chi connectivity index (χ1n) is 7.08. The van der Waals surface area contributed by atoms with Gasteiger partial charge in [0, 0.05) is 18.0 Å². The number of rotatable bonds is 5. The molecule has 1 aromatic carbocycles. The number of aliphatic hydroxyl groups excluding tert-OH is 1. The van der Waals surface area contributed by atoms with Gasteiger partial charge in [0.1, 0.15) is 11.8 Å². The maximum Gasteiger partial charge on any atom is 0.323 e. The zero-order valence-corrected chi connectivity index (χ0v) is 13.7. The Morgan fingerprint density at radius 3 is 2.83 bits per heavy atom. The maximum atomic E-state index is 12.2. The number of methoxy groups -OCH3 is 2. The Morgan fingerprint density at radius 2 is 2.17 bits per heavy atom. The second-order valence-corrected chi connectivity index (χ2v) is 5.69. The number of hydrogen-bond acceptors (Lipinski definition) is 6. The molecule has 2 atom stereocenters. The van der Waals surface area contributed by atoms with Crippen LogP contribution in [0.25, 0.3) is 0 Å². The van der Waals surface area contributed by atoms with E-state index in [0.29, 0.717) is 16.5 Å². The van der Waals surface area contributed by atoms with Crippen molar-refractivity contribution in [2.45, 2.75) is 18.6 Å². The van der Waals surface area contributed by atoms with Crippen molar-refractivity contribution >= 4 is 29.2 Å². The highest BCUT2D eigenvalue weighted by atomic mass is 35.5. The summed E-state index contributed by atoms with van der Waals surface area (Å²) < 4.78 is 9.87. The van der Waals surface area contributed by atoms with Crippen LogP contribution in [0.15, 0.2) is 18.2 Å². The Balaban J connectivity index is 2.04. The number of halogens is 1. The molecule has 1 aromatic rings. The summed E-state index contributed by atoms with van der Waals surface area (Å²) in [5.41, 5.74) is 0.444. The lowest BCUT2D eigenvalue weighted by Gasteiger charge is -2.21. The van der Waals surface area contributed by atoms with Crippen molar-refractivity contribution in [2.24, 2.45) is 0 Å². The fraction of sp³-hybridized carbons (Fsp3) is 0.467. The Bertz CT molecular complexity index is 595. The van der Waals surface area contributed by atoms with Gasteiger partial charge in [-0.1, -0.05) is 11.6 Å². The molecular weight excluding hydrogens is 324 g/mol. The molecular formula is C15H19ClN2O5. The molecule has 1 fully saturated rings. The quantitative estimate of drug-likeness (QED) is 0.773. The lowest BCUT2D eigenvalue weighted by atomic mass is 10.2. The first kappa shape index (κ1) is 17.5. The van der Waals surface area contributed by atoms with Crippen molar-refractivity contribution in [1.82, 2.24) is 4.90 Å². The van der Waals surface area contributed by atoms with Gasteiger partial charge in [0.25, 0.3) is 0 Å². The fourth-order valence-electron chi connectivity index (χ4n) is 2.59. The predicted molar refractivity (Wildman–Crippen MR) is 84.6 cm³/mol. The zero-order chi connectivity index (χ0) is 17.0. The van der Waals surface area contributed by atoms with Crippen molar-refractivity contribution < 1.29 is 24.2 Å². The molecule has 0 bridgehead atoms. The summed E-state index contributed by atoms with van der Waals surface area (Å²) in [7, 11) is 2.77. The van der Waals surface area contributed by atoms with Gasteiger partial charge in [-0.25, -0.2) is 0 Å². The van der Waals surface area contributed by atoms with Crippen LogP contribution < -0.4 is 10.1 Å². The minimum Gasteiger partial charge on any atom is -0.495 e. The number of anilines is 1. The van der Waals surface area contributed by atoms with Gasteiger partial charge in [-0.15, -0.1) is 0 Å². The third kappa shape index (κ3) is 4.34. The molecule has 0 aromatic heterocycles. The van der Waals surface area contributed by atoms with E-state index in [9.17, 15) is 14.7 Å². The Morgan fingerprint density at radius 1 is 1.43 bits per heavy atom. The summed E-state index contributed by atoms with van der Waals surface area (Å²) in [6.07, 6.45) is -0.409. The second-order valence-electron chi connectivity index (χ2n) is 5.25. The van der Waals surface area contributed by atoms with Crippen molar-refractivity contribution in [3.63, 3.8) is 0 Å². The van der Waals surface area contributed by atoms with Gasteiger partial charge in [-0.2, -0.15) is 0 Å². The number of ether oxygens (including phenoxy) is 2. The topological polar surface area (TPSA) is 88.1 Å². The van der Waals surface area contributed by atoms with Crippen LogP contribution in [-0.2, 0) is 14.3 Å². The van der Waals surface area contributed by atoms with E-state index in [2.05, 4.69) is 5.32 Å². The molecule has 1 aliphatic heterocycles. The highest BCUT2D eigenvalue weighted by molar-refractivity contribution is 6.31. The highest BCUT2D eigenvalue weighted by Crippen LogP contribution is 2.28. The first-order valence-corrected chi connectivity index (χ1v) is 7.45. The number of nitrogens with one attached hydrogen (secondary N) is 1. The molecule has 0 radical (unpaired) electrons. The smallest absolute Gasteiger partial charge is 0.323 e. The SMILES string of the molecule is COC(=O)[C@H]1C[C@H](O)CN1CC(=O)Nc1cc(Cl)ccc1OC. The van der Waals surface area contributed by atoms with Crippen molar-refractivity contribution in [3.05, 3.63) is 23.2 Å². The minimum atomic E-state index is -0.660. The molecule has 8 heteroatoms. The molecule has 0 aliphatic carbocycles. The monoisotopic (exact) mass is 342 g/mol. The molecule has 1 saturated heterocycles. The van der Waals surface area contributed by atoms with Gasteiger partial charge < -0.3 is 19.9 Å². The molecule has 1 aliphatic rings.